The zero-order chi connectivity index (χ0) is 21.8. The Hall–Kier alpha value is -3.28. The molecule has 2 atom stereocenters. The summed E-state index contributed by atoms with van der Waals surface area (Å²) in [5, 5.41) is 12.4. The number of aromatic nitrogens is 3. The van der Waals surface area contributed by atoms with Crippen molar-refractivity contribution in [2.45, 2.75) is 0 Å². The van der Waals surface area contributed by atoms with Crippen LogP contribution in [-0.2, 0) is 0 Å². The second kappa shape index (κ2) is 7.65. The van der Waals surface area contributed by atoms with E-state index in [2.05, 4.69) is 105 Å². The molecule has 0 saturated carbocycles. The van der Waals surface area contributed by atoms with Crippen LogP contribution in [0.4, 0.5) is 0 Å². The smallest absolute Gasteiger partial charge is 0.238 e. The number of H-pyrrole nitrogens is 2. The Balaban J connectivity index is 1.50. The number of rotatable bonds is 2. The van der Waals surface area contributed by atoms with Gasteiger partial charge in [-0.3, -0.25) is 9.02 Å². The first-order chi connectivity index (χ1) is 16.3. The molecule has 0 amide bonds. The number of hydrogen-bond acceptors (Lipinski definition) is 2. The SMILES string of the molecule is c1ccc2cc3cc4c(ccc5cc6cccc(Op7[nH]pn[pH][nH]7)c6cc54)cc3cc2c1. The Morgan fingerprint density at radius 1 is 0.636 bits per heavy atom. The third kappa shape index (κ3) is 3.31. The molecule has 7 heteroatoms. The molecule has 0 saturated heterocycles. The molecule has 0 aliphatic heterocycles. The van der Waals surface area contributed by atoms with Gasteiger partial charge in [0, 0.05) is 13.9 Å². The van der Waals surface area contributed by atoms with Crippen molar-refractivity contribution in [3.05, 3.63) is 91.0 Å². The molecule has 0 aliphatic rings. The summed E-state index contributed by atoms with van der Waals surface area (Å²) in [6.45, 7) is 0. The Labute approximate surface area is 193 Å². The molecule has 158 valence electrons. The summed E-state index contributed by atoms with van der Waals surface area (Å²) in [7, 11) is 0.314. The second-order valence-corrected chi connectivity index (χ2v) is 11.8. The van der Waals surface area contributed by atoms with Crippen molar-refractivity contribution in [1.29, 1.82) is 0 Å². The lowest BCUT2D eigenvalue weighted by atomic mass is 9.94. The Morgan fingerprint density at radius 2 is 1.27 bits per heavy atom. The highest BCUT2D eigenvalue weighted by molar-refractivity contribution is 7.50. The highest BCUT2D eigenvalue weighted by atomic mass is 31.2. The number of nitrogens with one attached hydrogen (secondary N) is 2. The van der Waals surface area contributed by atoms with Crippen molar-refractivity contribution < 1.29 is 4.52 Å². The van der Waals surface area contributed by atoms with Crippen molar-refractivity contribution >= 4 is 79.0 Å². The second-order valence-electron chi connectivity index (χ2n) is 8.15. The average molecular weight is 481 g/mol. The van der Waals surface area contributed by atoms with Gasteiger partial charge in [-0.05, 0) is 90.9 Å². The van der Waals surface area contributed by atoms with E-state index in [1.54, 1.807) is 0 Å². The van der Waals surface area contributed by atoms with E-state index in [4.69, 9.17) is 4.52 Å². The van der Waals surface area contributed by atoms with E-state index in [9.17, 15) is 0 Å². The minimum absolute atomic E-state index is 0.369. The minimum atomic E-state index is -0.933. The quantitative estimate of drug-likeness (QED) is 0.191. The van der Waals surface area contributed by atoms with Crippen molar-refractivity contribution in [1.82, 2.24) is 13.5 Å². The molecule has 2 unspecified atom stereocenters. The van der Waals surface area contributed by atoms with Gasteiger partial charge in [0.2, 0.25) is 8.08 Å². The van der Waals surface area contributed by atoms with Crippen LogP contribution in [0.2, 0.25) is 0 Å². The minimum Gasteiger partial charge on any atom is -0.417 e. The van der Waals surface area contributed by atoms with E-state index in [0.717, 1.165) is 19.6 Å². The molecule has 0 bridgehead atoms. The van der Waals surface area contributed by atoms with Gasteiger partial charge in [-0.1, -0.05) is 48.5 Å². The Bertz CT molecular complexity index is 1860. The molecule has 33 heavy (non-hydrogen) atoms. The van der Waals surface area contributed by atoms with E-state index in [0.29, 0.717) is 8.51 Å². The molecule has 7 aromatic rings. The summed E-state index contributed by atoms with van der Waals surface area (Å²) < 4.78 is 17.2. The standard InChI is InChI=1S/C26H18N3OP3/c1-2-5-17-11-22-14-23-20(13-21(22)10-16(17)4-1)9-8-19-12-18-6-3-7-26(25(18)15-24(19)23)30-33-28-31-27-32-29-33/h1-15,28,31H,(H,27,29). The Kier molecular flexibility index (Phi) is 4.45. The van der Waals surface area contributed by atoms with Gasteiger partial charge in [0.25, 0.3) is 0 Å². The van der Waals surface area contributed by atoms with Gasteiger partial charge in [-0.15, -0.1) is 0 Å². The van der Waals surface area contributed by atoms with Crippen molar-refractivity contribution in [2.75, 3.05) is 0 Å². The average Bonchev–Trinajstić information content (AvgIpc) is 2.86. The van der Waals surface area contributed by atoms with Gasteiger partial charge < -0.3 is 4.52 Å². The fourth-order valence-corrected chi connectivity index (χ4v) is 8.05. The van der Waals surface area contributed by atoms with Crippen LogP contribution in [0.5, 0.6) is 5.75 Å². The lowest BCUT2D eigenvalue weighted by molar-refractivity contribution is 0.631. The number of hydrogen-bond donors (Lipinski definition) is 2. The third-order valence-corrected chi connectivity index (χ3v) is 9.67. The number of fused-ring (bicyclic) bond motifs is 6. The normalized spacial score (nSPS) is 12.7. The third-order valence-electron chi connectivity index (χ3n) is 6.19. The lowest BCUT2D eigenvalue weighted by Crippen LogP contribution is -1.86. The topological polar surface area (TPSA) is 53.7 Å². The summed E-state index contributed by atoms with van der Waals surface area (Å²) >= 11 is 0. The van der Waals surface area contributed by atoms with E-state index < -0.39 is 8.08 Å². The van der Waals surface area contributed by atoms with E-state index >= 15 is 0 Å². The van der Waals surface area contributed by atoms with Crippen LogP contribution in [0.3, 0.4) is 0 Å². The van der Waals surface area contributed by atoms with E-state index in [-0.39, 0.29) is 0 Å². The van der Waals surface area contributed by atoms with Gasteiger partial charge in [0.05, 0.1) is 0 Å². The van der Waals surface area contributed by atoms with Crippen molar-refractivity contribution in [3.8, 4) is 5.75 Å². The van der Waals surface area contributed by atoms with Gasteiger partial charge in [-0.2, -0.15) is 4.51 Å². The predicted octanol–water partition coefficient (Wildman–Crippen LogP) is 9.07. The molecule has 1 aromatic heterocycles. The number of benzene rings is 6. The predicted molar refractivity (Wildman–Crippen MR) is 145 cm³/mol. The number of aromatic amines is 2. The summed E-state index contributed by atoms with van der Waals surface area (Å²) in [5.74, 6) is 0.895. The molecule has 2 N–H and O–H groups in total. The van der Waals surface area contributed by atoms with E-state index in [1.807, 2.05) is 0 Å². The largest absolute Gasteiger partial charge is 0.417 e. The summed E-state index contributed by atoms with van der Waals surface area (Å²) in [5.41, 5.74) is 0. The molecule has 0 aliphatic carbocycles. The summed E-state index contributed by atoms with van der Waals surface area (Å²) in [4.78, 5) is 0. The maximum absolute atomic E-state index is 6.33. The molecule has 7 rings (SSSR count). The lowest BCUT2D eigenvalue weighted by Gasteiger charge is -2.12. The van der Waals surface area contributed by atoms with Gasteiger partial charge >= 0.3 is 0 Å². The number of nitrogens with zero attached hydrogens (tertiary/aromatic N) is 1. The zero-order valence-electron chi connectivity index (χ0n) is 17.4. The van der Waals surface area contributed by atoms with Crippen LogP contribution >= 0.6 is 25.1 Å². The first-order valence-corrected chi connectivity index (χ1v) is 13.7. The fraction of sp³-hybridized carbons (Fsp3) is 0. The monoisotopic (exact) mass is 481 g/mol. The molecule has 0 fully saturated rings. The highest BCUT2D eigenvalue weighted by Crippen LogP contribution is 2.38. The van der Waals surface area contributed by atoms with Crippen LogP contribution in [0, 0.1) is 0 Å². The maximum atomic E-state index is 6.33. The van der Waals surface area contributed by atoms with Gasteiger partial charge in [0.15, 0.2) is 0 Å². The highest BCUT2D eigenvalue weighted by Gasteiger charge is 2.09. The molecule has 0 radical (unpaired) electrons. The van der Waals surface area contributed by atoms with Gasteiger partial charge in [0.1, 0.15) is 14.3 Å². The fourth-order valence-electron chi connectivity index (χ4n) is 4.65. The summed E-state index contributed by atoms with van der Waals surface area (Å²) in [6.07, 6.45) is 0. The molecule has 0 spiro atoms. The van der Waals surface area contributed by atoms with Crippen LogP contribution < -0.4 is 4.52 Å². The van der Waals surface area contributed by atoms with E-state index in [1.165, 1.54) is 48.5 Å². The zero-order valence-corrected chi connectivity index (χ0v) is 20.2. The molecular weight excluding hydrogens is 463 g/mol. The van der Waals surface area contributed by atoms with Crippen LogP contribution in [-0.4, -0.2) is 13.5 Å². The summed E-state index contributed by atoms with van der Waals surface area (Å²) in [6, 6.07) is 33.1. The van der Waals surface area contributed by atoms with Crippen molar-refractivity contribution in [2.24, 2.45) is 0 Å². The first-order valence-electron chi connectivity index (χ1n) is 10.7. The van der Waals surface area contributed by atoms with Crippen molar-refractivity contribution in [3.63, 3.8) is 0 Å². The molecule has 6 aromatic carbocycles. The molecular formula is C26H18N3OP3. The molecule has 4 nitrogen and oxygen atoms in total. The van der Waals surface area contributed by atoms with Crippen LogP contribution in [0.15, 0.2) is 91.0 Å². The maximum Gasteiger partial charge on any atom is 0.238 e. The van der Waals surface area contributed by atoms with Gasteiger partial charge in [-0.25, -0.2) is 0 Å². The Morgan fingerprint density at radius 3 is 2.03 bits per heavy atom. The first kappa shape index (κ1) is 19.2. The van der Waals surface area contributed by atoms with Crippen LogP contribution in [0.1, 0.15) is 0 Å². The van der Waals surface area contributed by atoms with Crippen LogP contribution in [0.25, 0.3) is 53.9 Å². The molecule has 1 heterocycles.